The summed E-state index contributed by atoms with van der Waals surface area (Å²) in [5.41, 5.74) is 0.113. The van der Waals surface area contributed by atoms with Crippen molar-refractivity contribution in [3.05, 3.63) is 65.2 Å². The Bertz CT molecular complexity index is 871. The summed E-state index contributed by atoms with van der Waals surface area (Å²) < 4.78 is 43.0. The molecule has 2 rings (SSSR count). The predicted octanol–water partition coefficient (Wildman–Crippen LogP) is 3.69. The lowest BCUT2D eigenvalue weighted by molar-refractivity contribution is -0.152. The topological polar surface area (TPSA) is 79.2 Å². The van der Waals surface area contributed by atoms with Gasteiger partial charge in [-0.3, -0.25) is 9.59 Å². The van der Waals surface area contributed by atoms with E-state index in [4.69, 9.17) is 10.00 Å². The van der Waals surface area contributed by atoms with Crippen molar-refractivity contribution in [1.29, 1.82) is 5.26 Å². The van der Waals surface area contributed by atoms with Crippen molar-refractivity contribution < 1.29 is 27.5 Å². The quantitative estimate of drug-likeness (QED) is 0.808. The molecule has 0 fully saturated rings. The lowest BCUT2D eigenvalue weighted by atomic mass is 10.1. The fraction of sp³-hybridized carbons (Fsp3) is 0.211. The van der Waals surface area contributed by atoms with Gasteiger partial charge in [-0.05, 0) is 42.8 Å². The Morgan fingerprint density at radius 2 is 1.85 bits per heavy atom. The minimum absolute atomic E-state index is 0.134. The number of nitrogens with one attached hydrogen (secondary N) is 1. The Balaban J connectivity index is 1.92. The molecule has 1 atom stereocenters. The molecule has 0 unspecified atom stereocenters. The number of rotatable bonds is 5. The van der Waals surface area contributed by atoms with Crippen molar-refractivity contribution in [1.82, 2.24) is 0 Å². The molecule has 8 heteroatoms. The molecule has 0 heterocycles. The van der Waals surface area contributed by atoms with E-state index < -0.39 is 36.1 Å². The number of halogens is 3. The number of carbonyl (C=O) groups is 2. The van der Waals surface area contributed by atoms with E-state index in [9.17, 15) is 22.8 Å². The minimum Gasteiger partial charge on any atom is -0.452 e. The molecule has 5 nitrogen and oxygen atoms in total. The first-order valence-corrected chi connectivity index (χ1v) is 7.85. The van der Waals surface area contributed by atoms with Crippen LogP contribution in [0.3, 0.4) is 0 Å². The number of nitrogens with zero attached hydrogens (tertiary/aromatic N) is 1. The molecule has 0 aliphatic heterocycles. The third-order valence-electron chi connectivity index (χ3n) is 3.56. The van der Waals surface area contributed by atoms with E-state index >= 15 is 0 Å². The number of anilines is 1. The molecular weight excluding hydrogens is 361 g/mol. The van der Waals surface area contributed by atoms with Crippen LogP contribution in [0.25, 0.3) is 0 Å². The Labute approximate surface area is 153 Å². The van der Waals surface area contributed by atoms with E-state index in [0.717, 1.165) is 12.1 Å². The van der Waals surface area contributed by atoms with Gasteiger partial charge in [-0.2, -0.15) is 18.4 Å². The number of esters is 1. The first kappa shape index (κ1) is 20.0. The largest absolute Gasteiger partial charge is 0.452 e. The van der Waals surface area contributed by atoms with Crippen molar-refractivity contribution in [2.45, 2.75) is 25.6 Å². The van der Waals surface area contributed by atoms with E-state index in [1.165, 1.54) is 43.3 Å². The maximum atomic E-state index is 12.7. The lowest BCUT2D eigenvalue weighted by Crippen LogP contribution is -2.30. The maximum absolute atomic E-state index is 12.7. The molecule has 0 radical (unpaired) electrons. The molecule has 140 valence electrons. The second kappa shape index (κ2) is 8.36. The fourth-order valence-electron chi connectivity index (χ4n) is 2.19. The molecule has 27 heavy (non-hydrogen) atoms. The van der Waals surface area contributed by atoms with Crippen molar-refractivity contribution >= 4 is 17.6 Å². The average Bonchev–Trinajstić information content (AvgIpc) is 2.61. The fourth-order valence-corrected chi connectivity index (χ4v) is 2.19. The first-order valence-electron chi connectivity index (χ1n) is 7.85. The Kier molecular flexibility index (Phi) is 6.19. The van der Waals surface area contributed by atoms with Crippen LogP contribution in [-0.2, 0) is 26.9 Å². The van der Waals surface area contributed by atoms with Gasteiger partial charge in [-0.1, -0.05) is 18.2 Å². The first-order chi connectivity index (χ1) is 12.7. The Morgan fingerprint density at radius 3 is 2.44 bits per heavy atom. The molecule has 1 amide bonds. The van der Waals surface area contributed by atoms with Crippen LogP contribution in [0.4, 0.5) is 18.9 Å². The highest BCUT2D eigenvalue weighted by molar-refractivity contribution is 5.95. The molecule has 0 spiro atoms. The number of amides is 1. The molecule has 0 bridgehead atoms. The number of benzene rings is 2. The van der Waals surface area contributed by atoms with E-state index in [-0.39, 0.29) is 5.56 Å². The standard InChI is InChI=1S/C19H15F3N2O3/c1-12(18(26)24-16-7-5-13(11-23)6-8-16)27-17(25)10-14-3-2-4-15(9-14)19(20,21)22/h2-9,12H,10H2,1H3,(H,24,26)/t12-/m0/s1. The van der Waals surface area contributed by atoms with Gasteiger partial charge in [0.2, 0.25) is 0 Å². The van der Waals surface area contributed by atoms with E-state index in [0.29, 0.717) is 11.3 Å². The highest BCUT2D eigenvalue weighted by Gasteiger charge is 2.30. The summed E-state index contributed by atoms with van der Waals surface area (Å²) in [6, 6.07) is 12.4. The number of nitriles is 1. The van der Waals surface area contributed by atoms with Crippen LogP contribution in [0, 0.1) is 11.3 Å². The van der Waals surface area contributed by atoms with Crippen LogP contribution in [0.15, 0.2) is 48.5 Å². The zero-order chi connectivity index (χ0) is 20.0. The van der Waals surface area contributed by atoms with E-state index in [1.807, 2.05) is 6.07 Å². The van der Waals surface area contributed by atoms with Gasteiger partial charge in [0.05, 0.1) is 23.6 Å². The SMILES string of the molecule is C[C@H](OC(=O)Cc1cccc(C(F)(F)F)c1)C(=O)Nc1ccc(C#N)cc1. The summed E-state index contributed by atoms with van der Waals surface area (Å²) >= 11 is 0. The molecule has 2 aromatic rings. The average molecular weight is 376 g/mol. The van der Waals surface area contributed by atoms with E-state index in [1.54, 1.807) is 0 Å². The van der Waals surface area contributed by atoms with Crippen LogP contribution in [0.5, 0.6) is 0 Å². The van der Waals surface area contributed by atoms with Gasteiger partial charge < -0.3 is 10.1 Å². The van der Waals surface area contributed by atoms with Gasteiger partial charge in [0.1, 0.15) is 0 Å². The highest BCUT2D eigenvalue weighted by Crippen LogP contribution is 2.29. The number of carbonyl (C=O) groups excluding carboxylic acids is 2. The Morgan fingerprint density at radius 1 is 1.19 bits per heavy atom. The molecule has 0 aliphatic carbocycles. The second-order valence-corrected chi connectivity index (χ2v) is 5.69. The van der Waals surface area contributed by atoms with Gasteiger partial charge in [0, 0.05) is 5.69 Å². The van der Waals surface area contributed by atoms with Gasteiger partial charge in [0.25, 0.3) is 5.91 Å². The predicted molar refractivity (Wildman–Crippen MR) is 90.5 cm³/mol. The smallest absolute Gasteiger partial charge is 0.416 e. The van der Waals surface area contributed by atoms with Crippen molar-refractivity contribution in [3.63, 3.8) is 0 Å². The lowest BCUT2D eigenvalue weighted by Gasteiger charge is -2.14. The van der Waals surface area contributed by atoms with Crippen LogP contribution in [-0.4, -0.2) is 18.0 Å². The summed E-state index contributed by atoms with van der Waals surface area (Å²) in [5.74, 6) is -1.42. The van der Waals surface area contributed by atoms with Gasteiger partial charge in [0.15, 0.2) is 6.10 Å². The molecule has 0 saturated heterocycles. The molecule has 0 aromatic heterocycles. The number of hydrogen-bond acceptors (Lipinski definition) is 4. The van der Waals surface area contributed by atoms with Crippen LogP contribution < -0.4 is 5.32 Å². The summed E-state index contributed by atoms with van der Waals surface area (Å²) in [7, 11) is 0. The summed E-state index contributed by atoms with van der Waals surface area (Å²) in [4.78, 5) is 23.9. The third kappa shape index (κ3) is 5.85. The van der Waals surface area contributed by atoms with Crippen molar-refractivity contribution in [3.8, 4) is 6.07 Å². The second-order valence-electron chi connectivity index (χ2n) is 5.69. The zero-order valence-corrected chi connectivity index (χ0v) is 14.2. The molecular formula is C19H15F3N2O3. The van der Waals surface area contributed by atoms with E-state index in [2.05, 4.69) is 5.32 Å². The highest BCUT2D eigenvalue weighted by atomic mass is 19.4. The molecule has 2 aromatic carbocycles. The van der Waals surface area contributed by atoms with Crippen LogP contribution >= 0.6 is 0 Å². The molecule has 1 N–H and O–H groups in total. The number of ether oxygens (including phenoxy) is 1. The zero-order valence-electron chi connectivity index (χ0n) is 14.2. The molecule has 0 aliphatic rings. The van der Waals surface area contributed by atoms with Crippen molar-refractivity contribution in [2.75, 3.05) is 5.32 Å². The van der Waals surface area contributed by atoms with Crippen LogP contribution in [0.2, 0.25) is 0 Å². The summed E-state index contributed by atoms with van der Waals surface area (Å²) in [6.07, 6.45) is -6.04. The number of alkyl halides is 3. The minimum atomic E-state index is -4.51. The summed E-state index contributed by atoms with van der Waals surface area (Å²) in [5, 5.41) is 11.2. The number of hydrogen-bond donors (Lipinski definition) is 1. The van der Waals surface area contributed by atoms with Gasteiger partial charge in [-0.25, -0.2) is 0 Å². The summed E-state index contributed by atoms with van der Waals surface area (Å²) in [6.45, 7) is 1.35. The molecule has 0 saturated carbocycles. The monoisotopic (exact) mass is 376 g/mol. The van der Waals surface area contributed by atoms with Gasteiger partial charge in [-0.15, -0.1) is 0 Å². The van der Waals surface area contributed by atoms with Crippen LogP contribution in [0.1, 0.15) is 23.6 Å². The Hall–Kier alpha value is -3.34. The van der Waals surface area contributed by atoms with Crippen molar-refractivity contribution in [2.24, 2.45) is 0 Å². The third-order valence-corrected chi connectivity index (χ3v) is 3.56. The maximum Gasteiger partial charge on any atom is 0.416 e. The van der Waals surface area contributed by atoms with Gasteiger partial charge >= 0.3 is 12.1 Å². The normalized spacial score (nSPS) is 12.0.